The predicted molar refractivity (Wildman–Crippen MR) is 53.7 cm³/mol. The van der Waals surface area contributed by atoms with Gasteiger partial charge in [-0.15, -0.1) is 0 Å². The molecular formula is C7H6FIN2O3. The number of carboxylic acid groups (broad SMARTS) is 1. The molecule has 76 valence electrons. The van der Waals surface area contributed by atoms with Crippen LogP contribution in [0.1, 0.15) is 12.1 Å². The van der Waals surface area contributed by atoms with Crippen LogP contribution in [-0.4, -0.2) is 20.6 Å². The van der Waals surface area contributed by atoms with Crippen molar-refractivity contribution in [2.45, 2.75) is 13.2 Å². The summed E-state index contributed by atoms with van der Waals surface area (Å²) in [6, 6.07) is 0. The smallest absolute Gasteiger partial charge is 0.360 e. The van der Waals surface area contributed by atoms with Crippen LogP contribution in [0.2, 0.25) is 0 Å². The van der Waals surface area contributed by atoms with Crippen LogP contribution in [-0.2, 0) is 4.79 Å². The summed E-state index contributed by atoms with van der Waals surface area (Å²) in [6.45, 7) is 1.37. The van der Waals surface area contributed by atoms with Gasteiger partial charge in [0, 0.05) is 6.20 Å². The van der Waals surface area contributed by atoms with Crippen LogP contribution in [0.15, 0.2) is 11.0 Å². The van der Waals surface area contributed by atoms with Crippen molar-refractivity contribution >= 4 is 28.6 Å². The third kappa shape index (κ3) is 1.91. The van der Waals surface area contributed by atoms with Gasteiger partial charge in [0.1, 0.15) is 5.82 Å². The van der Waals surface area contributed by atoms with Crippen LogP contribution in [0.5, 0.6) is 0 Å². The van der Waals surface area contributed by atoms with Crippen LogP contribution >= 0.6 is 22.6 Å². The molecule has 1 heterocycles. The number of aromatic nitrogens is 2. The van der Waals surface area contributed by atoms with E-state index in [1.165, 1.54) is 13.1 Å². The fourth-order valence-corrected chi connectivity index (χ4v) is 1.31. The molecule has 0 spiro atoms. The summed E-state index contributed by atoms with van der Waals surface area (Å²) < 4.78 is 13.8. The van der Waals surface area contributed by atoms with Gasteiger partial charge in [0.2, 0.25) is 0 Å². The minimum absolute atomic E-state index is 0.0327. The van der Waals surface area contributed by atoms with E-state index >= 15 is 0 Å². The Morgan fingerprint density at radius 3 is 2.86 bits per heavy atom. The van der Waals surface area contributed by atoms with Gasteiger partial charge >= 0.3 is 5.97 Å². The number of hydrogen-bond donors (Lipinski definition) is 1. The summed E-state index contributed by atoms with van der Waals surface area (Å²) in [5.41, 5.74) is -0.687. The maximum absolute atomic E-state index is 13.1. The molecule has 0 saturated heterocycles. The van der Waals surface area contributed by atoms with Crippen molar-refractivity contribution in [1.29, 1.82) is 0 Å². The van der Waals surface area contributed by atoms with Crippen molar-refractivity contribution < 1.29 is 14.3 Å². The van der Waals surface area contributed by atoms with Gasteiger partial charge in [-0.1, -0.05) is 0 Å². The fraction of sp³-hybridized carbons (Fsp3) is 0.286. The molecule has 1 rings (SSSR count). The minimum atomic E-state index is -2.38. The van der Waals surface area contributed by atoms with E-state index in [9.17, 15) is 14.0 Å². The van der Waals surface area contributed by atoms with Crippen molar-refractivity contribution in [2.24, 2.45) is 0 Å². The maximum Gasteiger partial charge on any atom is 0.360 e. The molecule has 1 atom stereocenters. The van der Waals surface area contributed by atoms with Crippen molar-refractivity contribution in [3.8, 4) is 0 Å². The lowest BCUT2D eigenvalue weighted by Crippen LogP contribution is -2.31. The zero-order valence-electron chi connectivity index (χ0n) is 7.07. The lowest BCUT2D eigenvalue weighted by molar-refractivity contribution is -0.146. The molecule has 0 fully saturated rings. The maximum atomic E-state index is 13.1. The monoisotopic (exact) mass is 312 g/mol. The molecule has 14 heavy (non-hydrogen) atoms. The Kier molecular flexibility index (Phi) is 3.19. The third-order valence-electron chi connectivity index (χ3n) is 1.57. The Labute approximate surface area is 91.7 Å². The number of aliphatic carboxylic acids is 1. The lowest BCUT2D eigenvalue weighted by atomic mass is 10.5. The average molecular weight is 312 g/mol. The number of halogens is 2. The largest absolute Gasteiger partial charge is 0.478 e. The Balaban J connectivity index is 3.40. The summed E-state index contributed by atoms with van der Waals surface area (Å²) in [6.07, 6.45) is -1.12. The van der Waals surface area contributed by atoms with Crippen LogP contribution in [0.25, 0.3) is 0 Å². The standard InChI is InChI=1S/C7H6FIN2O3/c1-3-10-2-4(9)6(12)11(3)5(8)7(13)14/h2,5H,1H3,(H,13,14). The second-order valence-corrected chi connectivity index (χ2v) is 3.66. The normalized spacial score (nSPS) is 12.5. The number of nitrogens with zero attached hydrogens (tertiary/aromatic N) is 2. The topological polar surface area (TPSA) is 72.2 Å². The summed E-state index contributed by atoms with van der Waals surface area (Å²) in [7, 11) is 0. The van der Waals surface area contributed by atoms with Crippen LogP contribution in [0.3, 0.4) is 0 Å². The Morgan fingerprint density at radius 1 is 1.79 bits per heavy atom. The Hall–Kier alpha value is -0.990. The minimum Gasteiger partial charge on any atom is -0.478 e. The van der Waals surface area contributed by atoms with E-state index in [1.54, 1.807) is 22.6 Å². The van der Waals surface area contributed by atoms with E-state index in [4.69, 9.17) is 5.11 Å². The first-order valence-electron chi connectivity index (χ1n) is 3.55. The zero-order chi connectivity index (χ0) is 10.9. The quantitative estimate of drug-likeness (QED) is 0.817. The molecule has 0 saturated carbocycles. The van der Waals surface area contributed by atoms with E-state index in [0.29, 0.717) is 4.57 Å². The molecule has 1 aromatic heterocycles. The first kappa shape index (κ1) is 11.1. The van der Waals surface area contributed by atoms with Crippen molar-refractivity contribution in [2.75, 3.05) is 0 Å². The van der Waals surface area contributed by atoms with E-state index in [1.807, 2.05) is 0 Å². The molecule has 1 unspecified atom stereocenters. The molecule has 0 bridgehead atoms. The highest BCUT2D eigenvalue weighted by Gasteiger charge is 2.22. The molecule has 0 aliphatic rings. The SMILES string of the molecule is Cc1ncc(I)c(=O)n1C(F)C(=O)O. The van der Waals surface area contributed by atoms with Gasteiger partial charge in [-0.05, 0) is 29.5 Å². The molecule has 0 radical (unpaired) electrons. The molecule has 0 aliphatic carbocycles. The van der Waals surface area contributed by atoms with Crippen molar-refractivity contribution in [1.82, 2.24) is 9.55 Å². The number of aryl methyl sites for hydroxylation is 1. The molecular weight excluding hydrogens is 306 g/mol. The lowest BCUT2D eigenvalue weighted by Gasteiger charge is -2.09. The molecule has 0 aliphatic heterocycles. The predicted octanol–water partition coefficient (Wildman–Crippen LogP) is 0.709. The first-order valence-corrected chi connectivity index (χ1v) is 4.63. The molecule has 1 N–H and O–H groups in total. The Bertz CT molecular complexity index is 431. The molecule has 5 nitrogen and oxygen atoms in total. The van der Waals surface area contributed by atoms with Crippen LogP contribution in [0, 0.1) is 10.5 Å². The van der Waals surface area contributed by atoms with Gasteiger partial charge < -0.3 is 5.11 Å². The number of carbonyl (C=O) groups is 1. The highest BCUT2D eigenvalue weighted by atomic mass is 127. The van der Waals surface area contributed by atoms with Crippen molar-refractivity contribution in [3.05, 3.63) is 25.9 Å². The third-order valence-corrected chi connectivity index (χ3v) is 2.31. The first-order chi connectivity index (χ1) is 6.45. The highest BCUT2D eigenvalue weighted by molar-refractivity contribution is 14.1. The Morgan fingerprint density at radius 2 is 2.36 bits per heavy atom. The number of alkyl halides is 1. The molecule has 7 heteroatoms. The van der Waals surface area contributed by atoms with Crippen LogP contribution < -0.4 is 5.56 Å². The summed E-state index contributed by atoms with van der Waals surface area (Å²) in [4.78, 5) is 25.4. The molecule has 0 amide bonds. The van der Waals surface area contributed by atoms with Gasteiger partial charge in [0.25, 0.3) is 11.9 Å². The summed E-state index contributed by atoms with van der Waals surface area (Å²) in [5, 5.41) is 8.41. The number of carboxylic acids is 1. The fourth-order valence-electron chi connectivity index (χ4n) is 0.907. The summed E-state index contributed by atoms with van der Waals surface area (Å²) in [5.74, 6) is -1.68. The van der Waals surface area contributed by atoms with Crippen molar-refractivity contribution in [3.63, 3.8) is 0 Å². The number of hydrogen-bond acceptors (Lipinski definition) is 3. The van der Waals surface area contributed by atoms with Gasteiger partial charge in [-0.3, -0.25) is 9.36 Å². The van der Waals surface area contributed by atoms with Gasteiger partial charge in [0.05, 0.1) is 3.57 Å². The van der Waals surface area contributed by atoms with E-state index in [-0.39, 0.29) is 9.39 Å². The molecule has 0 aromatic carbocycles. The van der Waals surface area contributed by atoms with E-state index < -0.39 is 17.8 Å². The second-order valence-electron chi connectivity index (χ2n) is 2.50. The van der Waals surface area contributed by atoms with E-state index in [2.05, 4.69) is 4.98 Å². The zero-order valence-corrected chi connectivity index (χ0v) is 9.23. The average Bonchev–Trinajstić information content (AvgIpc) is 2.12. The highest BCUT2D eigenvalue weighted by Crippen LogP contribution is 2.08. The second kappa shape index (κ2) is 4.03. The number of rotatable bonds is 2. The van der Waals surface area contributed by atoms with Gasteiger partial charge in [-0.2, -0.15) is 0 Å². The van der Waals surface area contributed by atoms with E-state index in [0.717, 1.165) is 0 Å². The van der Waals surface area contributed by atoms with Gasteiger partial charge in [-0.25, -0.2) is 14.2 Å². The molecule has 1 aromatic rings. The van der Waals surface area contributed by atoms with Crippen LogP contribution in [0.4, 0.5) is 4.39 Å². The van der Waals surface area contributed by atoms with Gasteiger partial charge in [0.15, 0.2) is 0 Å². The summed E-state index contributed by atoms with van der Waals surface area (Å²) >= 11 is 1.67.